The SMILES string of the molecule is Cc1csc2c(N3CCN(C(=O)c4cnn(C)c4)C(C)C3)ncnc12. The molecular formula is C17H20N6OS. The van der Waals surface area contributed by atoms with Gasteiger partial charge < -0.3 is 9.80 Å². The number of carbonyl (C=O) groups is 1. The first-order valence-corrected chi connectivity index (χ1v) is 9.16. The molecule has 3 aromatic heterocycles. The van der Waals surface area contributed by atoms with Crippen LogP contribution in [0, 0.1) is 6.92 Å². The average Bonchev–Trinajstić information content (AvgIpc) is 3.20. The van der Waals surface area contributed by atoms with Crippen molar-refractivity contribution in [2.45, 2.75) is 19.9 Å². The molecule has 0 saturated carbocycles. The Morgan fingerprint density at radius 2 is 2.16 bits per heavy atom. The van der Waals surface area contributed by atoms with Crippen LogP contribution in [0.15, 0.2) is 24.1 Å². The summed E-state index contributed by atoms with van der Waals surface area (Å²) in [6, 6.07) is 0.104. The highest BCUT2D eigenvalue weighted by molar-refractivity contribution is 7.18. The van der Waals surface area contributed by atoms with Crippen LogP contribution in [0.3, 0.4) is 0 Å². The van der Waals surface area contributed by atoms with E-state index in [-0.39, 0.29) is 11.9 Å². The minimum Gasteiger partial charge on any atom is -0.351 e. The number of anilines is 1. The Balaban J connectivity index is 1.56. The van der Waals surface area contributed by atoms with Gasteiger partial charge in [0.25, 0.3) is 5.91 Å². The zero-order valence-electron chi connectivity index (χ0n) is 14.5. The van der Waals surface area contributed by atoms with E-state index < -0.39 is 0 Å². The number of piperazine rings is 1. The van der Waals surface area contributed by atoms with E-state index in [1.54, 1.807) is 34.7 Å². The Bertz CT molecular complexity index is 932. The summed E-state index contributed by atoms with van der Waals surface area (Å²) in [4.78, 5) is 25.8. The van der Waals surface area contributed by atoms with Crippen molar-refractivity contribution < 1.29 is 4.79 Å². The Kier molecular flexibility index (Phi) is 3.91. The number of hydrogen-bond donors (Lipinski definition) is 0. The summed E-state index contributed by atoms with van der Waals surface area (Å²) in [5, 5.41) is 6.22. The lowest BCUT2D eigenvalue weighted by atomic mass is 10.1. The van der Waals surface area contributed by atoms with Gasteiger partial charge in [0.05, 0.1) is 22.0 Å². The molecule has 1 amide bonds. The summed E-state index contributed by atoms with van der Waals surface area (Å²) >= 11 is 1.68. The lowest BCUT2D eigenvalue weighted by Crippen LogP contribution is -2.54. The monoisotopic (exact) mass is 356 g/mol. The van der Waals surface area contributed by atoms with E-state index in [1.807, 2.05) is 11.9 Å². The average molecular weight is 356 g/mol. The second kappa shape index (κ2) is 6.11. The molecule has 130 valence electrons. The van der Waals surface area contributed by atoms with Crippen LogP contribution in [-0.2, 0) is 7.05 Å². The van der Waals surface area contributed by atoms with Crippen molar-refractivity contribution in [2.24, 2.45) is 7.05 Å². The van der Waals surface area contributed by atoms with Gasteiger partial charge in [-0.05, 0) is 24.8 Å². The molecule has 1 aliphatic heterocycles. The maximum absolute atomic E-state index is 12.7. The molecular weight excluding hydrogens is 336 g/mol. The van der Waals surface area contributed by atoms with Crippen LogP contribution in [0.4, 0.5) is 5.82 Å². The summed E-state index contributed by atoms with van der Waals surface area (Å²) in [5.41, 5.74) is 2.85. The van der Waals surface area contributed by atoms with E-state index in [0.717, 1.165) is 29.1 Å². The van der Waals surface area contributed by atoms with Crippen LogP contribution in [0.5, 0.6) is 0 Å². The van der Waals surface area contributed by atoms with E-state index >= 15 is 0 Å². The van der Waals surface area contributed by atoms with Crippen LogP contribution in [0.2, 0.25) is 0 Å². The Labute approximate surface area is 149 Å². The third-order valence-corrected chi connectivity index (χ3v) is 5.73. The molecule has 25 heavy (non-hydrogen) atoms. The smallest absolute Gasteiger partial charge is 0.257 e. The second-order valence-corrected chi connectivity index (χ2v) is 7.37. The summed E-state index contributed by atoms with van der Waals surface area (Å²) < 4.78 is 2.78. The van der Waals surface area contributed by atoms with Crippen molar-refractivity contribution in [1.82, 2.24) is 24.6 Å². The number of hydrogen-bond acceptors (Lipinski definition) is 6. The van der Waals surface area contributed by atoms with Crippen molar-refractivity contribution in [3.8, 4) is 0 Å². The van der Waals surface area contributed by atoms with Crippen molar-refractivity contribution in [3.63, 3.8) is 0 Å². The van der Waals surface area contributed by atoms with Gasteiger partial charge in [0.2, 0.25) is 0 Å². The Morgan fingerprint density at radius 3 is 2.88 bits per heavy atom. The minimum absolute atomic E-state index is 0.0417. The predicted octanol–water partition coefficient (Wildman–Crippen LogP) is 2.08. The van der Waals surface area contributed by atoms with Gasteiger partial charge in [0.1, 0.15) is 12.1 Å². The topological polar surface area (TPSA) is 67.2 Å². The first kappa shape index (κ1) is 16.0. The number of fused-ring (bicyclic) bond motifs is 1. The van der Waals surface area contributed by atoms with E-state index in [9.17, 15) is 4.79 Å². The molecule has 7 nitrogen and oxygen atoms in total. The fraction of sp³-hybridized carbons (Fsp3) is 0.412. The molecule has 0 spiro atoms. The highest BCUT2D eigenvalue weighted by Gasteiger charge is 2.30. The van der Waals surface area contributed by atoms with E-state index in [2.05, 4.69) is 39.2 Å². The molecule has 0 radical (unpaired) electrons. The summed E-state index contributed by atoms with van der Waals surface area (Å²) in [6.07, 6.45) is 5.03. The first-order valence-electron chi connectivity index (χ1n) is 8.28. The molecule has 1 aliphatic rings. The zero-order chi connectivity index (χ0) is 17.6. The van der Waals surface area contributed by atoms with Crippen molar-refractivity contribution in [1.29, 1.82) is 0 Å². The van der Waals surface area contributed by atoms with Gasteiger partial charge in [-0.25, -0.2) is 9.97 Å². The maximum Gasteiger partial charge on any atom is 0.257 e. The standard InChI is InChI=1S/C17H20N6OS/c1-11-9-25-15-14(11)18-10-19-16(15)22-4-5-23(12(2)7-22)17(24)13-6-20-21(3)8-13/h6,8-10,12H,4-5,7H2,1-3H3. The molecule has 0 aliphatic carbocycles. The number of rotatable bonds is 2. The van der Waals surface area contributed by atoms with Gasteiger partial charge in [0, 0.05) is 38.9 Å². The molecule has 1 atom stereocenters. The predicted molar refractivity (Wildman–Crippen MR) is 98.1 cm³/mol. The second-order valence-electron chi connectivity index (χ2n) is 6.49. The third-order valence-electron chi connectivity index (χ3n) is 4.65. The lowest BCUT2D eigenvalue weighted by Gasteiger charge is -2.40. The molecule has 1 saturated heterocycles. The molecule has 4 rings (SSSR count). The summed E-state index contributed by atoms with van der Waals surface area (Å²) in [6.45, 7) is 6.35. The number of carbonyl (C=O) groups excluding carboxylic acids is 1. The van der Waals surface area contributed by atoms with Gasteiger partial charge in [0.15, 0.2) is 0 Å². The van der Waals surface area contributed by atoms with Gasteiger partial charge in [-0.15, -0.1) is 11.3 Å². The van der Waals surface area contributed by atoms with Crippen LogP contribution in [-0.4, -0.2) is 56.2 Å². The number of amides is 1. The molecule has 1 unspecified atom stereocenters. The molecule has 0 bridgehead atoms. The van der Waals surface area contributed by atoms with Crippen molar-refractivity contribution in [3.05, 3.63) is 35.2 Å². The molecule has 4 heterocycles. The highest BCUT2D eigenvalue weighted by Crippen LogP contribution is 2.32. The number of aromatic nitrogens is 4. The number of nitrogens with zero attached hydrogens (tertiary/aromatic N) is 6. The van der Waals surface area contributed by atoms with Gasteiger partial charge in [-0.2, -0.15) is 5.10 Å². The molecule has 3 aromatic rings. The number of thiophene rings is 1. The molecule has 8 heteroatoms. The fourth-order valence-electron chi connectivity index (χ4n) is 3.33. The summed E-state index contributed by atoms with van der Waals surface area (Å²) in [5.74, 6) is 1.02. The van der Waals surface area contributed by atoms with Crippen LogP contribution in [0.1, 0.15) is 22.8 Å². The largest absolute Gasteiger partial charge is 0.351 e. The van der Waals surface area contributed by atoms with Crippen LogP contribution >= 0.6 is 11.3 Å². The third kappa shape index (κ3) is 2.76. The summed E-state index contributed by atoms with van der Waals surface area (Å²) in [7, 11) is 1.82. The zero-order valence-corrected chi connectivity index (χ0v) is 15.3. The van der Waals surface area contributed by atoms with Crippen LogP contribution in [0.25, 0.3) is 10.2 Å². The van der Waals surface area contributed by atoms with E-state index in [1.165, 1.54) is 5.56 Å². The quantitative estimate of drug-likeness (QED) is 0.703. The normalized spacial score (nSPS) is 18.1. The Morgan fingerprint density at radius 1 is 1.32 bits per heavy atom. The van der Waals surface area contributed by atoms with E-state index in [0.29, 0.717) is 12.1 Å². The van der Waals surface area contributed by atoms with Gasteiger partial charge in [-0.3, -0.25) is 9.48 Å². The molecule has 1 fully saturated rings. The highest BCUT2D eigenvalue weighted by atomic mass is 32.1. The van der Waals surface area contributed by atoms with Crippen LogP contribution < -0.4 is 4.90 Å². The molecule has 0 aromatic carbocycles. The van der Waals surface area contributed by atoms with Crippen molar-refractivity contribution >= 4 is 33.3 Å². The van der Waals surface area contributed by atoms with E-state index in [4.69, 9.17) is 0 Å². The minimum atomic E-state index is 0.0417. The number of aryl methyl sites for hydroxylation is 2. The fourth-order valence-corrected chi connectivity index (χ4v) is 4.35. The van der Waals surface area contributed by atoms with Crippen molar-refractivity contribution in [2.75, 3.05) is 24.5 Å². The maximum atomic E-state index is 12.7. The lowest BCUT2D eigenvalue weighted by molar-refractivity contribution is 0.0674. The first-order chi connectivity index (χ1) is 12.0. The molecule has 0 N–H and O–H groups in total. The Hall–Kier alpha value is -2.48. The van der Waals surface area contributed by atoms with Gasteiger partial charge >= 0.3 is 0 Å². The van der Waals surface area contributed by atoms with Gasteiger partial charge in [-0.1, -0.05) is 0 Å².